The molecule has 0 radical (unpaired) electrons. The molecule has 9 nitrogen and oxygen atoms in total. The van der Waals surface area contributed by atoms with E-state index in [1.165, 1.54) is 6.33 Å². The molecular formula is C16H19N7O2S. The van der Waals surface area contributed by atoms with Gasteiger partial charge in [0, 0.05) is 13.1 Å². The number of hydrogen-bond donors (Lipinski definition) is 4. The highest BCUT2D eigenvalue weighted by molar-refractivity contribution is 7.83. The zero-order valence-corrected chi connectivity index (χ0v) is 15.0. The Morgan fingerprint density at radius 3 is 3.00 bits per heavy atom. The lowest BCUT2D eigenvalue weighted by Gasteiger charge is -2.22. The predicted octanol–water partition coefficient (Wildman–Crippen LogP) is 0.909. The maximum atomic E-state index is 12.2. The van der Waals surface area contributed by atoms with Gasteiger partial charge >= 0.3 is 0 Å². The van der Waals surface area contributed by atoms with Crippen molar-refractivity contribution in [2.75, 3.05) is 30.4 Å². The summed E-state index contributed by atoms with van der Waals surface area (Å²) in [7, 11) is 0.340. The second kappa shape index (κ2) is 6.98. The number of benzene rings is 1. The predicted molar refractivity (Wildman–Crippen MR) is 99.7 cm³/mol. The number of aliphatic hydroxyl groups is 1. The number of H-pyrrole nitrogens is 1. The van der Waals surface area contributed by atoms with Gasteiger partial charge in [0.2, 0.25) is 0 Å². The summed E-state index contributed by atoms with van der Waals surface area (Å²) in [6.45, 7) is 1.32. The molecule has 1 aliphatic heterocycles. The van der Waals surface area contributed by atoms with Gasteiger partial charge in [-0.15, -0.1) is 0 Å². The van der Waals surface area contributed by atoms with Crippen LogP contribution < -0.4 is 14.9 Å². The summed E-state index contributed by atoms with van der Waals surface area (Å²) in [4.78, 5) is 18.3. The maximum Gasteiger partial charge on any atom is 0.182 e. The second-order valence-electron chi connectivity index (χ2n) is 5.99. The summed E-state index contributed by atoms with van der Waals surface area (Å²) in [5.74, 6) is 0.584. The summed E-state index contributed by atoms with van der Waals surface area (Å²) < 4.78 is 14.9. The number of aromatic amines is 1. The number of anilines is 3. The molecule has 1 fully saturated rings. The fourth-order valence-electron chi connectivity index (χ4n) is 3.07. The Labute approximate surface area is 152 Å². The van der Waals surface area contributed by atoms with E-state index < -0.39 is 11.0 Å². The fourth-order valence-corrected chi connectivity index (χ4v) is 3.72. The highest BCUT2D eigenvalue weighted by Gasteiger charge is 2.23. The van der Waals surface area contributed by atoms with E-state index >= 15 is 0 Å². The molecule has 3 aromatic rings. The summed E-state index contributed by atoms with van der Waals surface area (Å²) in [6, 6.07) is 5.57. The van der Waals surface area contributed by atoms with Crippen LogP contribution in [0.2, 0.25) is 0 Å². The van der Waals surface area contributed by atoms with Crippen LogP contribution in [0.25, 0.3) is 11.2 Å². The largest absolute Gasteiger partial charge is 0.391 e. The number of fused-ring (bicyclic) bond motifs is 1. The zero-order valence-electron chi connectivity index (χ0n) is 14.1. The average molecular weight is 373 g/mol. The minimum absolute atomic E-state index is 0.340. The smallest absolute Gasteiger partial charge is 0.182 e. The van der Waals surface area contributed by atoms with Crippen molar-refractivity contribution in [3.8, 4) is 0 Å². The first kappa shape index (κ1) is 16.9. The summed E-state index contributed by atoms with van der Waals surface area (Å²) >= 11 is 0. The number of β-amino-alcohol motifs (C(OH)–C–C–N with tert-alkyl or cyclic N) is 1. The van der Waals surface area contributed by atoms with Crippen LogP contribution in [0, 0.1) is 0 Å². The van der Waals surface area contributed by atoms with Crippen molar-refractivity contribution in [3.05, 3.63) is 30.9 Å². The minimum Gasteiger partial charge on any atom is -0.391 e. The number of hydrogen-bond acceptors (Lipinski definition) is 7. The average Bonchev–Trinajstić information content (AvgIpc) is 3.30. The third-order valence-corrected chi connectivity index (χ3v) is 5.40. The van der Waals surface area contributed by atoms with E-state index in [1.54, 1.807) is 13.4 Å². The Morgan fingerprint density at radius 1 is 1.35 bits per heavy atom. The van der Waals surface area contributed by atoms with Crippen LogP contribution in [0.5, 0.6) is 0 Å². The van der Waals surface area contributed by atoms with E-state index in [0.29, 0.717) is 28.4 Å². The van der Waals surface area contributed by atoms with Crippen molar-refractivity contribution in [3.63, 3.8) is 0 Å². The van der Waals surface area contributed by atoms with E-state index in [1.807, 2.05) is 18.2 Å². The summed E-state index contributed by atoms with van der Waals surface area (Å²) in [6.07, 6.45) is 3.39. The van der Waals surface area contributed by atoms with Crippen LogP contribution in [-0.4, -0.2) is 55.5 Å². The zero-order chi connectivity index (χ0) is 18.1. The van der Waals surface area contributed by atoms with Crippen LogP contribution in [0.1, 0.15) is 6.42 Å². The number of imidazole rings is 1. The molecule has 2 aromatic heterocycles. The molecule has 4 N–H and O–H groups in total. The third-order valence-electron chi connectivity index (χ3n) is 4.35. The van der Waals surface area contributed by atoms with Crippen molar-refractivity contribution >= 4 is 39.3 Å². The Kier molecular flexibility index (Phi) is 4.53. The van der Waals surface area contributed by atoms with Crippen LogP contribution in [0.3, 0.4) is 0 Å². The molecule has 1 aromatic carbocycles. The SMILES string of the molecule is CNS(=O)c1ccc(N2CCC(O)C2)c(Nc2ncnc3nc[nH]c23)c1. The molecule has 136 valence electrons. The Balaban J connectivity index is 1.76. The van der Waals surface area contributed by atoms with E-state index in [9.17, 15) is 9.32 Å². The number of aromatic nitrogens is 4. The monoisotopic (exact) mass is 373 g/mol. The molecule has 0 amide bonds. The van der Waals surface area contributed by atoms with Crippen molar-refractivity contribution < 1.29 is 9.32 Å². The van der Waals surface area contributed by atoms with Gasteiger partial charge < -0.3 is 20.3 Å². The van der Waals surface area contributed by atoms with Gasteiger partial charge in [0.15, 0.2) is 11.5 Å². The van der Waals surface area contributed by atoms with Crippen LogP contribution in [0.15, 0.2) is 35.7 Å². The minimum atomic E-state index is -1.31. The van der Waals surface area contributed by atoms with Gasteiger partial charge in [0.25, 0.3) is 0 Å². The Morgan fingerprint density at radius 2 is 2.23 bits per heavy atom. The summed E-state index contributed by atoms with van der Waals surface area (Å²) in [5, 5.41) is 13.2. The molecule has 3 heterocycles. The van der Waals surface area contributed by atoms with Crippen molar-refractivity contribution in [1.82, 2.24) is 24.7 Å². The van der Waals surface area contributed by atoms with Crippen molar-refractivity contribution in [2.45, 2.75) is 17.4 Å². The molecule has 0 aliphatic carbocycles. The van der Waals surface area contributed by atoms with Crippen LogP contribution in [-0.2, 0) is 11.0 Å². The van der Waals surface area contributed by atoms with E-state index in [4.69, 9.17) is 0 Å². The first-order valence-electron chi connectivity index (χ1n) is 8.23. The molecule has 1 saturated heterocycles. The lowest BCUT2D eigenvalue weighted by Crippen LogP contribution is -2.22. The first-order chi connectivity index (χ1) is 12.7. The lowest BCUT2D eigenvalue weighted by molar-refractivity contribution is 0.198. The highest BCUT2D eigenvalue weighted by Crippen LogP contribution is 2.33. The van der Waals surface area contributed by atoms with Gasteiger partial charge in [-0.25, -0.2) is 23.9 Å². The number of nitrogens with one attached hydrogen (secondary N) is 3. The first-order valence-corrected chi connectivity index (χ1v) is 9.38. The molecule has 4 rings (SSSR count). The molecule has 1 aliphatic rings. The second-order valence-corrected chi connectivity index (χ2v) is 7.41. The highest BCUT2D eigenvalue weighted by atomic mass is 32.2. The van der Waals surface area contributed by atoms with Gasteiger partial charge in [-0.1, -0.05) is 0 Å². The molecule has 10 heteroatoms. The molecule has 26 heavy (non-hydrogen) atoms. The van der Waals surface area contributed by atoms with Gasteiger partial charge in [-0.3, -0.25) is 0 Å². The fraction of sp³-hybridized carbons (Fsp3) is 0.312. The Bertz CT molecular complexity index is 961. The van der Waals surface area contributed by atoms with Crippen molar-refractivity contribution in [2.24, 2.45) is 0 Å². The van der Waals surface area contributed by atoms with Crippen LogP contribution in [0.4, 0.5) is 17.2 Å². The van der Waals surface area contributed by atoms with E-state index in [-0.39, 0.29) is 6.10 Å². The summed E-state index contributed by atoms with van der Waals surface area (Å²) in [5.41, 5.74) is 2.94. The standard InChI is InChI=1S/C16H19N7O2S/c1-17-26(25)11-2-3-13(23-5-4-10(24)7-23)12(6-11)22-16-14-15(19-8-18-14)20-9-21-16/h2-3,6,8-10,17,24H,4-5,7H2,1H3,(H2,18,19,20,21,22). The number of aliphatic hydroxyl groups excluding tert-OH is 1. The maximum absolute atomic E-state index is 12.2. The Hall–Kier alpha value is -2.56. The molecule has 2 atom stereocenters. The van der Waals surface area contributed by atoms with Crippen molar-refractivity contribution in [1.29, 1.82) is 0 Å². The van der Waals surface area contributed by atoms with Gasteiger partial charge in [0.05, 0.1) is 28.7 Å². The third kappa shape index (κ3) is 3.14. The van der Waals surface area contributed by atoms with Gasteiger partial charge in [0.1, 0.15) is 22.8 Å². The molecule has 0 saturated carbocycles. The normalized spacial score (nSPS) is 18.4. The van der Waals surface area contributed by atoms with E-state index in [0.717, 1.165) is 24.3 Å². The lowest BCUT2D eigenvalue weighted by atomic mass is 10.2. The van der Waals surface area contributed by atoms with Gasteiger partial charge in [-0.2, -0.15) is 0 Å². The van der Waals surface area contributed by atoms with E-state index in [2.05, 4.69) is 34.9 Å². The molecular weight excluding hydrogens is 354 g/mol. The quantitative estimate of drug-likeness (QED) is 0.525. The molecule has 0 bridgehead atoms. The topological polar surface area (TPSA) is 119 Å². The van der Waals surface area contributed by atoms with Crippen LogP contribution >= 0.6 is 0 Å². The number of rotatable bonds is 5. The molecule has 0 spiro atoms. The van der Waals surface area contributed by atoms with Gasteiger partial charge in [-0.05, 0) is 31.7 Å². The molecule has 2 unspecified atom stereocenters. The number of nitrogens with zero attached hydrogens (tertiary/aromatic N) is 4.